The molecule has 0 aliphatic carbocycles. The van der Waals surface area contributed by atoms with Crippen LogP contribution in [0.3, 0.4) is 0 Å². The molecule has 4 aromatic carbocycles. The van der Waals surface area contributed by atoms with Crippen LogP contribution in [0.5, 0.6) is 11.5 Å². The number of halogens is 8. The first-order chi connectivity index (χ1) is 37.3. The third-order valence-electron chi connectivity index (χ3n) is 16.2. The molecule has 4 saturated heterocycles. The van der Waals surface area contributed by atoms with E-state index >= 15 is 4.79 Å². The number of aromatic nitrogens is 2. The smallest absolute Gasteiger partial charge is 0.405 e. The molecule has 21 heteroatoms. The summed E-state index contributed by atoms with van der Waals surface area (Å²) in [7, 11) is 4.10. The van der Waals surface area contributed by atoms with Crippen LogP contribution in [0.25, 0.3) is 21.8 Å². The van der Waals surface area contributed by atoms with Gasteiger partial charge in [-0.3, -0.25) is 24.2 Å². The van der Waals surface area contributed by atoms with E-state index in [1.807, 2.05) is 21.3 Å². The van der Waals surface area contributed by atoms with Crippen LogP contribution in [-0.2, 0) is 17.9 Å². The van der Waals surface area contributed by atoms with Gasteiger partial charge in [0.15, 0.2) is 5.78 Å². The zero-order valence-electron chi connectivity index (χ0n) is 43.4. The first-order valence-corrected chi connectivity index (χ1v) is 27.3. The van der Waals surface area contributed by atoms with E-state index in [9.17, 15) is 35.9 Å². The van der Waals surface area contributed by atoms with Crippen molar-refractivity contribution in [3.8, 4) is 11.5 Å². The molecule has 6 heterocycles. The number of likely N-dealkylation sites (N-methyl/N-ethyl adjacent to an activating group) is 2. The summed E-state index contributed by atoms with van der Waals surface area (Å²) in [6.07, 6.45) is -4.34. The van der Waals surface area contributed by atoms with Gasteiger partial charge < -0.3 is 38.2 Å². The zero-order valence-corrected chi connectivity index (χ0v) is 44.9. The number of amides is 2. The molecule has 4 aliphatic rings. The summed E-state index contributed by atoms with van der Waals surface area (Å²) in [4.78, 5) is 57.7. The second kappa shape index (κ2) is 23.1. The number of alkyl halides is 6. The Morgan fingerprint density at radius 2 is 0.885 bits per heavy atom. The number of ether oxygens (including phenoxy) is 2. The van der Waals surface area contributed by atoms with E-state index in [-0.39, 0.29) is 54.0 Å². The number of nitrogens with zero attached hydrogens (tertiary/aromatic N) is 8. The average Bonchev–Trinajstić information content (AvgIpc) is 4.10. The van der Waals surface area contributed by atoms with Gasteiger partial charge in [-0.25, -0.2) is 0 Å². The largest absolute Gasteiger partial charge is 0.573 e. The number of hydrogen-bond donors (Lipinski definition) is 0. The van der Waals surface area contributed by atoms with Crippen LogP contribution in [0.4, 0.5) is 26.3 Å². The highest BCUT2D eigenvalue weighted by molar-refractivity contribution is 6.32. The predicted molar refractivity (Wildman–Crippen MR) is 287 cm³/mol. The molecular formula is C57H62Cl2F6N8O5. The van der Waals surface area contributed by atoms with Crippen LogP contribution >= 0.6 is 23.2 Å². The van der Waals surface area contributed by atoms with Crippen LogP contribution in [0, 0.1) is 0 Å². The highest BCUT2D eigenvalue weighted by Gasteiger charge is 2.40. The van der Waals surface area contributed by atoms with Gasteiger partial charge in [0.1, 0.15) is 11.5 Å². The first kappa shape index (κ1) is 55.5. The van der Waals surface area contributed by atoms with Crippen molar-refractivity contribution in [3.63, 3.8) is 0 Å². The fourth-order valence-corrected chi connectivity index (χ4v) is 12.3. The fraction of sp³-hybridized carbons (Fsp3) is 0.456. The highest BCUT2D eigenvalue weighted by Crippen LogP contribution is 2.40. The van der Waals surface area contributed by atoms with Crippen molar-refractivity contribution in [2.24, 2.45) is 0 Å². The van der Waals surface area contributed by atoms with Crippen molar-refractivity contribution in [2.45, 2.75) is 75.4 Å². The molecule has 2 aromatic heterocycles. The summed E-state index contributed by atoms with van der Waals surface area (Å²) in [6, 6.07) is 21.6. The van der Waals surface area contributed by atoms with E-state index < -0.39 is 24.8 Å². The minimum absolute atomic E-state index is 0.0219. The molecule has 78 heavy (non-hydrogen) atoms. The van der Waals surface area contributed by atoms with Gasteiger partial charge in [0.05, 0.1) is 34.2 Å². The van der Waals surface area contributed by atoms with Crippen LogP contribution in [-0.4, -0.2) is 174 Å². The summed E-state index contributed by atoms with van der Waals surface area (Å²) < 4.78 is 92.7. The first-order valence-electron chi connectivity index (χ1n) is 26.5. The number of piperidine rings is 2. The Morgan fingerprint density at radius 3 is 1.24 bits per heavy atom. The van der Waals surface area contributed by atoms with Gasteiger partial charge in [0, 0.05) is 125 Å². The molecule has 0 saturated carbocycles. The molecule has 4 fully saturated rings. The Bertz CT molecular complexity index is 2930. The Balaban J connectivity index is 0.935. The normalized spacial score (nSPS) is 19.2. The van der Waals surface area contributed by atoms with E-state index in [1.54, 1.807) is 70.7 Å². The Hall–Kier alpha value is -5.83. The SMILES string of the molecule is CN1CCN(C(Cn2cc(C(=O)N3CCC(c4ccccc4OC(F)(F)F)CC3)c3ccc(Cl)cc32)C(=O)C(Cn2cc(C(=O)N3CCC(c4ccccc4OC(F)(F)F)CC3)c3ccc(Cl)cc32)N2CCN(C)CC2)CC1. The quantitative estimate of drug-likeness (QED) is 0.0988. The van der Waals surface area contributed by atoms with Gasteiger partial charge in [-0.2, -0.15) is 0 Å². The minimum Gasteiger partial charge on any atom is -0.405 e. The molecule has 0 bridgehead atoms. The molecule has 13 nitrogen and oxygen atoms in total. The van der Waals surface area contributed by atoms with E-state index in [0.717, 1.165) is 26.2 Å². The topological polar surface area (TPSA) is 99.0 Å². The lowest BCUT2D eigenvalue weighted by Crippen LogP contribution is -2.60. The lowest BCUT2D eigenvalue weighted by molar-refractivity contribution is -0.276. The summed E-state index contributed by atoms with van der Waals surface area (Å²) in [5.74, 6) is -1.46. The predicted octanol–water partition coefficient (Wildman–Crippen LogP) is 10.2. The maximum absolute atomic E-state index is 16.0. The van der Waals surface area contributed by atoms with E-state index in [4.69, 9.17) is 23.2 Å². The third kappa shape index (κ3) is 12.5. The van der Waals surface area contributed by atoms with Crippen LogP contribution in [0.2, 0.25) is 10.0 Å². The standard InChI is InChI=1S/C57H62Cl2F6N8O5/c1-66-23-27-68(28-24-66)49(35-72-33-45(43-13-11-39(58)31-47(43)72)54(75)70-19-15-37(16-20-70)41-7-3-5-9-51(41)77-56(60,61)62)53(74)50(69-29-25-67(2)26-30-69)36-73-34-46(44-14-12-40(59)32-48(44)73)55(76)71-21-17-38(18-22-71)42-8-4-6-10-52(42)78-57(63,64)65/h3-14,31-34,37-38,49-50H,15-30,35-36H2,1-2H3. The molecule has 0 spiro atoms. The van der Waals surface area contributed by atoms with Crippen LogP contribution in [0.1, 0.15) is 69.4 Å². The number of carbonyl (C=O) groups excluding carboxylic acids is 3. The number of Topliss-reactive ketones (excluding diaryl/α,β-unsaturated/α-hetero) is 1. The Morgan fingerprint density at radius 1 is 0.526 bits per heavy atom. The number of para-hydroxylation sites is 2. The van der Waals surface area contributed by atoms with Gasteiger partial charge in [0.2, 0.25) is 0 Å². The number of piperazine rings is 2. The minimum atomic E-state index is -4.84. The molecule has 4 aliphatic heterocycles. The van der Waals surface area contributed by atoms with E-state index in [0.29, 0.717) is 132 Å². The number of benzene rings is 4. The van der Waals surface area contributed by atoms with Gasteiger partial charge in [-0.1, -0.05) is 71.7 Å². The number of carbonyl (C=O) groups is 3. The van der Waals surface area contributed by atoms with Crippen LogP contribution in [0.15, 0.2) is 97.3 Å². The summed E-state index contributed by atoms with van der Waals surface area (Å²) in [5, 5.41) is 2.22. The fourth-order valence-electron chi connectivity index (χ4n) is 12.0. The van der Waals surface area contributed by atoms with E-state index in [2.05, 4.69) is 43.2 Å². The molecular weight excluding hydrogens is 1060 g/mol. The van der Waals surface area contributed by atoms with Crippen LogP contribution < -0.4 is 9.47 Å². The van der Waals surface area contributed by atoms with Crippen molar-refractivity contribution >= 4 is 62.6 Å². The van der Waals surface area contributed by atoms with Crippen molar-refractivity contribution in [1.29, 1.82) is 0 Å². The van der Waals surface area contributed by atoms with Gasteiger partial charge >= 0.3 is 12.7 Å². The summed E-state index contributed by atoms with van der Waals surface area (Å²) in [6.45, 7) is 6.97. The monoisotopic (exact) mass is 1120 g/mol. The van der Waals surface area contributed by atoms with Gasteiger partial charge in [-0.05, 0) is 99.1 Å². The molecule has 416 valence electrons. The average molecular weight is 1120 g/mol. The maximum Gasteiger partial charge on any atom is 0.573 e. The lowest BCUT2D eigenvalue weighted by Gasteiger charge is -2.42. The lowest BCUT2D eigenvalue weighted by atomic mass is 9.88. The van der Waals surface area contributed by atoms with Crippen molar-refractivity contribution < 1.29 is 50.2 Å². The number of fused-ring (bicyclic) bond motifs is 2. The molecule has 2 unspecified atom stereocenters. The number of ketones is 1. The van der Waals surface area contributed by atoms with Crippen molar-refractivity contribution in [2.75, 3.05) is 92.6 Å². The third-order valence-corrected chi connectivity index (χ3v) is 16.7. The Labute approximate surface area is 458 Å². The molecule has 10 rings (SSSR count). The molecule has 2 amide bonds. The number of likely N-dealkylation sites (tertiary alicyclic amines) is 2. The highest BCUT2D eigenvalue weighted by atomic mass is 35.5. The van der Waals surface area contributed by atoms with Gasteiger partial charge in [0.25, 0.3) is 11.8 Å². The molecule has 0 N–H and O–H groups in total. The maximum atomic E-state index is 16.0. The molecule has 2 atom stereocenters. The van der Waals surface area contributed by atoms with Crippen molar-refractivity contribution in [1.82, 2.24) is 38.5 Å². The number of rotatable bonds is 14. The van der Waals surface area contributed by atoms with E-state index in [1.165, 1.54) is 24.3 Å². The Kier molecular flexibility index (Phi) is 16.4. The number of hydrogen-bond acceptors (Lipinski definition) is 9. The summed E-state index contributed by atoms with van der Waals surface area (Å²) in [5.41, 5.74) is 3.12. The second-order valence-electron chi connectivity index (χ2n) is 21.1. The summed E-state index contributed by atoms with van der Waals surface area (Å²) >= 11 is 13.4. The molecule has 0 radical (unpaired) electrons. The van der Waals surface area contributed by atoms with Gasteiger partial charge in [-0.15, -0.1) is 26.3 Å². The zero-order chi connectivity index (χ0) is 55.0. The molecule has 6 aromatic rings. The van der Waals surface area contributed by atoms with Crippen molar-refractivity contribution in [3.05, 3.63) is 130 Å². The second-order valence-corrected chi connectivity index (χ2v) is 22.0.